The first-order valence-electron chi connectivity index (χ1n) is 17.2. The van der Waals surface area contributed by atoms with Gasteiger partial charge in [0.05, 0.1) is 5.69 Å². The van der Waals surface area contributed by atoms with E-state index in [-0.39, 0.29) is 24.1 Å². The number of likely N-dealkylation sites (tertiary alicyclic amines) is 2. The SMILES string of the molecule is CC(C)C(C1CC(N2CCC(F)(F)CC2)C1)N1CC2(CCN(c3ncnnc3Oc3ccc(F)cc3-c3cncnc3C3CC3)C2)C1. The van der Waals surface area contributed by atoms with Gasteiger partial charge in [-0.1, -0.05) is 13.8 Å². The lowest BCUT2D eigenvalue weighted by Gasteiger charge is -2.58. The highest BCUT2D eigenvalue weighted by Gasteiger charge is 2.53. The molecule has 3 saturated heterocycles. The van der Waals surface area contributed by atoms with Gasteiger partial charge in [0.25, 0.3) is 11.8 Å². The van der Waals surface area contributed by atoms with Crippen LogP contribution in [0.2, 0.25) is 0 Å². The van der Waals surface area contributed by atoms with Crippen LogP contribution in [-0.4, -0.2) is 92.2 Å². The molecule has 3 aromatic rings. The van der Waals surface area contributed by atoms with Crippen molar-refractivity contribution >= 4 is 5.82 Å². The van der Waals surface area contributed by atoms with Gasteiger partial charge in [0, 0.05) is 92.9 Å². The highest BCUT2D eigenvalue weighted by Crippen LogP contribution is 2.49. The number of piperidine rings is 1. The van der Waals surface area contributed by atoms with Crippen LogP contribution >= 0.6 is 0 Å². The maximum Gasteiger partial charge on any atom is 0.282 e. The van der Waals surface area contributed by atoms with E-state index in [0.717, 1.165) is 69.5 Å². The molecule has 0 radical (unpaired) electrons. The lowest BCUT2D eigenvalue weighted by atomic mass is 9.68. The summed E-state index contributed by atoms with van der Waals surface area (Å²) in [6.07, 6.45) is 10.1. The Hall–Kier alpha value is -3.38. The zero-order valence-electron chi connectivity index (χ0n) is 27.2. The van der Waals surface area contributed by atoms with E-state index in [0.29, 0.717) is 65.9 Å². The zero-order chi connectivity index (χ0) is 32.3. The van der Waals surface area contributed by atoms with Gasteiger partial charge in [-0.2, -0.15) is 0 Å². The molecule has 5 aliphatic rings. The van der Waals surface area contributed by atoms with E-state index in [4.69, 9.17) is 4.74 Å². The Balaban J connectivity index is 0.934. The molecule has 2 aromatic heterocycles. The van der Waals surface area contributed by atoms with Crippen molar-refractivity contribution in [2.45, 2.75) is 82.7 Å². The van der Waals surface area contributed by atoms with E-state index in [1.54, 1.807) is 18.6 Å². The molecular formula is C35H43F3N8O. The Bertz CT molecular complexity index is 1600. The first-order valence-corrected chi connectivity index (χ1v) is 17.2. The van der Waals surface area contributed by atoms with Crippen molar-refractivity contribution in [2.75, 3.05) is 44.2 Å². The first kappa shape index (κ1) is 30.9. The van der Waals surface area contributed by atoms with Gasteiger partial charge >= 0.3 is 0 Å². The normalized spacial score (nSPS) is 26.3. The molecule has 0 N–H and O–H groups in total. The molecule has 5 fully saturated rings. The molecule has 12 heteroatoms. The quantitative estimate of drug-likeness (QED) is 0.270. The van der Waals surface area contributed by atoms with Crippen LogP contribution in [0.1, 0.15) is 70.4 Å². The van der Waals surface area contributed by atoms with E-state index in [1.807, 2.05) is 0 Å². The summed E-state index contributed by atoms with van der Waals surface area (Å²) >= 11 is 0. The van der Waals surface area contributed by atoms with Gasteiger partial charge in [-0.15, -0.1) is 10.2 Å². The zero-order valence-corrected chi connectivity index (χ0v) is 27.2. The second-order valence-corrected chi connectivity index (χ2v) is 15.0. The first-order chi connectivity index (χ1) is 22.7. The minimum Gasteiger partial charge on any atom is -0.434 e. The highest BCUT2D eigenvalue weighted by molar-refractivity contribution is 5.73. The average Bonchev–Trinajstić information content (AvgIpc) is 3.77. The Morgan fingerprint density at radius 2 is 1.72 bits per heavy atom. The molecule has 0 amide bonds. The van der Waals surface area contributed by atoms with Crippen molar-refractivity contribution in [3.8, 4) is 22.8 Å². The summed E-state index contributed by atoms with van der Waals surface area (Å²) in [4.78, 5) is 20.6. The molecule has 2 aliphatic carbocycles. The number of nitrogens with zero attached hydrogens (tertiary/aromatic N) is 8. The predicted molar refractivity (Wildman–Crippen MR) is 171 cm³/mol. The van der Waals surface area contributed by atoms with Crippen molar-refractivity contribution < 1.29 is 17.9 Å². The molecule has 1 atom stereocenters. The predicted octanol–water partition coefficient (Wildman–Crippen LogP) is 6.18. The maximum atomic E-state index is 14.5. The van der Waals surface area contributed by atoms with Crippen LogP contribution in [0.5, 0.6) is 11.6 Å². The fourth-order valence-electron chi connectivity index (χ4n) is 8.76. The van der Waals surface area contributed by atoms with E-state index < -0.39 is 5.92 Å². The molecule has 5 heterocycles. The molecule has 250 valence electrons. The van der Waals surface area contributed by atoms with Crippen LogP contribution in [0.15, 0.2) is 37.1 Å². The molecule has 3 aliphatic heterocycles. The van der Waals surface area contributed by atoms with Crippen molar-refractivity contribution in [3.05, 3.63) is 48.6 Å². The van der Waals surface area contributed by atoms with E-state index in [1.165, 1.54) is 18.5 Å². The second-order valence-electron chi connectivity index (χ2n) is 15.0. The van der Waals surface area contributed by atoms with Crippen molar-refractivity contribution in [1.82, 2.24) is 34.9 Å². The van der Waals surface area contributed by atoms with Crippen LogP contribution in [0, 0.1) is 23.1 Å². The molecule has 47 heavy (non-hydrogen) atoms. The van der Waals surface area contributed by atoms with Crippen LogP contribution in [0.25, 0.3) is 11.1 Å². The number of alkyl halides is 2. The largest absolute Gasteiger partial charge is 0.434 e. The third-order valence-electron chi connectivity index (χ3n) is 11.3. The van der Waals surface area contributed by atoms with Gasteiger partial charge in [0.1, 0.15) is 24.2 Å². The summed E-state index contributed by atoms with van der Waals surface area (Å²) < 4.78 is 48.3. The Morgan fingerprint density at radius 3 is 2.47 bits per heavy atom. The van der Waals surface area contributed by atoms with Gasteiger partial charge in [-0.05, 0) is 62.1 Å². The summed E-state index contributed by atoms with van der Waals surface area (Å²) in [5, 5.41) is 8.38. The fraction of sp³-hybridized carbons (Fsp3) is 0.629. The Labute approximate surface area is 274 Å². The number of ether oxygens (including phenoxy) is 1. The second kappa shape index (κ2) is 11.9. The maximum absolute atomic E-state index is 14.5. The lowest BCUT2D eigenvalue weighted by Crippen LogP contribution is -2.65. The minimum atomic E-state index is -2.49. The minimum absolute atomic E-state index is 0.00404. The lowest BCUT2D eigenvalue weighted by molar-refractivity contribution is -0.101. The summed E-state index contributed by atoms with van der Waals surface area (Å²) in [5.41, 5.74) is 2.45. The molecule has 9 nitrogen and oxygen atoms in total. The molecule has 0 bridgehead atoms. The Morgan fingerprint density at radius 1 is 0.936 bits per heavy atom. The number of aromatic nitrogens is 5. The van der Waals surface area contributed by atoms with Crippen LogP contribution < -0.4 is 9.64 Å². The summed E-state index contributed by atoms with van der Waals surface area (Å²) in [6.45, 7) is 9.46. The molecule has 8 rings (SSSR count). The van der Waals surface area contributed by atoms with Gasteiger partial charge in [0.15, 0.2) is 5.82 Å². The van der Waals surface area contributed by atoms with E-state index in [2.05, 4.69) is 53.7 Å². The van der Waals surface area contributed by atoms with Crippen LogP contribution in [0.4, 0.5) is 19.0 Å². The van der Waals surface area contributed by atoms with E-state index in [9.17, 15) is 13.2 Å². The number of anilines is 1. The Kier molecular flexibility index (Phi) is 7.86. The van der Waals surface area contributed by atoms with Gasteiger partial charge in [0.2, 0.25) is 0 Å². The van der Waals surface area contributed by atoms with Gasteiger partial charge in [-0.3, -0.25) is 9.80 Å². The van der Waals surface area contributed by atoms with Crippen molar-refractivity contribution in [2.24, 2.45) is 17.3 Å². The van der Waals surface area contributed by atoms with Crippen LogP contribution in [-0.2, 0) is 0 Å². The van der Waals surface area contributed by atoms with Gasteiger partial charge in [-0.25, -0.2) is 28.1 Å². The standard InChI is InChI=1S/C35H43F3N8O/c1-22(2)31(24-13-26(14-24)44-11-8-35(37,38)9-12-44)46-18-34(19-46)7-10-45(17-34)32-33(43-42-21-41-32)47-29-6-5-25(36)15-27(29)28-16-39-20-40-30(28)23-3-4-23/h5-6,15-16,20-24,26,31H,3-4,7-14,17-19H2,1-2H3. The average molecular weight is 649 g/mol. The molecule has 1 spiro atoms. The number of halogens is 3. The third-order valence-corrected chi connectivity index (χ3v) is 11.3. The summed E-state index contributed by atoms with van der Waals surface area (Å²) in [6, 6.07) is 5.44. The van der Waals surface area contributed by atoms with E-state index >= 15 is 0 Å². The van der Waals surface area contributed by atoms with Gasteiger partial charge < -0.3 is 9.64 Å². The molecule has 2 saturated carbocycles. The van der Waals surface area contributed by atoms with Crippen LogP contribution in [0.3, 0.4) is 0 Å². The number of hydrogen-bond acceptors (Lipinski definition) is 9. The molecule has 1 aromatic carbocycles. The van der Waals surface area contributed by atoms with Crippen molar-refractivity contribution in [1.29, 1.82) is 0 Å². The topological polar surface area (TPSA) is 83.4 Å². The fourth-order valence-corrected chi connectivity index (χ4v) is 8.76. The third kappa shape index (κ3) is 6.07. The number of hydrogen-bond donors (Lipinski definition) is 0. The highest BCUT2D eigenvalue weighted by atomic mass is 19.3. The summed E-state index contributed by atoms with van der Waals surface area (Å²) in [7, 11) is 0. The monoisotopic (exact) mass is 648 g/mol. The smallest absolute Gasteiger partial charge is 0.282 e. The van der Waals surface area contributed by atoms with Crippen molar-refractivity contribution in [3.63, 3.8) is 0 Å². The summed E-state index contributed by atoms with van der Waals surface area (Å²) in [5.74, 6) is 0.0637. The molecular weight excluding hydrogens is 605 g/mol. The number of rotatable bonds is 9. The number of benzene rings is 1. The molecule has 1 unspecified atom stereocenters.